The molecule has 0 rings (SSSR count). The summed E-state index contributed by atoms with van der Waals surface area (Å²) < 4.78 is 0. The van der Waals surface area contributed by atoms with Crippen molar-refractivity contribution in [1.29, 1.82) is 0 Å². The predicted molar refractivity (Wildman–Crippen MR) is 36.8 cm³/mol. The Balaban J connectivity index is -0.0000000221. The summed E-state index contributed by atoms with van der Waals surface area (Å²) in [6.45, 7) is -0.250. The van der Waals surface area contributed by atoms with Gasteiger partial charge in [0.05, 0.1) is 13.2 Å². The second-order valence-electron chi connectivity index (χ2n) is 1.05. The van der Waals surface area contributed by atoms with Crippen LogP contribution in [-0.4, -0.2) is 89.4 Å². The van der Waals surface area contributed by atoms with Crippen molar-refractivity contribution >= 4 is 46.8 Å². The Labute approximate surface area is 91.8 Å². The minimum absolute atomic E-state index is 0. The zero-order chi connectivity index (χ0) is 7.91. The molecule has 62 valence electrons. The van der Waals surface area contributed by atoms with Gasteiger partial charge in [-0.15, -0.1) is 0 Å². The summed E-state index contributed by atoms with van der Waals surface area (Å²) in [6, 6.07) is 0. The molecule has 6 nitrogen and oxygen atoms in total. The fourth-order valence-electron chi connectivity index (χ4n) is 0. The average Bonchev–Trinajstić information content (AvgIpc) is 1.61. The van der Waals surface area contributed by atoms with Crippen LogP contribution in [0, 0.1) is 0 Å². The molecule has 0 saturated carbocycles. The fraction of sp³-hybridized carbons (Fsp3) is 1.00. The SMILES string of the molecule is OCCO.O[Si](O)(O)O.[Ca+2].[H-].[H-]. The Bertz CT molecular complexity index is 54.0. The van der Waals surface area contributed by atoms with Gasteiger partial charge in [-0.25, -0.2) is 0 Å². The van der Waals surface area contributed by atoms with Crippen LogP contribution in [0.5, 0.6) is 0 Å². The topological polar surface area (TPSA) is 121 Å². The standard InChI is InChI=1S/C2H6O2.Ca.H4O4Si.2H/c3-1-2-4;;1-5(2,3)4;;/h3-4H,1-2H2;;1-4H;;/q;+2;;2*-1. The predicted octanol–water partition coefficient (Wildman–Crippen LogP) is -3.79. The number of rotatable bonds is 1. The van der Waals surface area contributed by atoms with Crippen molar-refractivity contribution < 1.29 is 32.2 Å². The van der Waals surface area contributed by atoms with Gasteiger partial charge in [0.15, 0.2) is 0 Å². The van der Waals surface area contributed by atoms with Crippen molar-refractivity contribution in [1.82, 2.24) is 0 Å². The summed E-state index contributed by atoms with van der Waals surface area (Å²) in [5.41, 5.74) is 0. The molecule has 0 unspecified atom stereocenters. The maximum Gasteiger partial charge on any atom is 2.00 e. The van der Waals surface area contributed by atoms with Crippen LogP contribution in [-0.2, 0) is 0 Å². The Kier molecular flexibility index (Phi) is 17.8. The van der Waals surface area contributed by atoms with Gasteiger partial charge in [0.2, 0.25) is 0 Å². The summed E-state index contributed by atoms with van der Waals surface area (Å²) in [5, 5.41) is 15.2. The maximum atomic E-state index is 7.62. The van der Waals surface area contributed by atoms with E-state index in [1.54, 1.807) is 0 Å². The molecular formula is C2H12CaO6Si. The van der Waals surface area contributed by atoms with Crippen molar-refractivity contribution in [2.45, 2.75) is 0 Å². The molecule has 0 aromatic carbocycles. The first kappa shape index (κ1) is 17.4. The van der Waals surface area contributed by atoms with E-state index in [0.717, 1.165) is 0 Å². The van der Waals surface area contributed by atoms with E-state index >= 15 is 0 Å². The molecule has 0 fully saturated rings. The Morgan fingerprint density at radius 2 is 1.00 bits per heavy atom. The summed E-state index contributed by atoms with van der Waals surface area (Å²) in [7, 11) is -4.61. The van der Waals surface area contributed by atoms with E-state index in [4.69, 9.17) is 29.4 Å². The fourth-order valence-corrected chi connectivity index (χ4v) is 0. The Morgan fingerprint density at radius 1 is 0.900 bits per heavy atom. The van der Waals surface area contributed by atoms with Crippen LogP contribution < -0.4 is 0 Å². The van der Waals surface area contributed by atoms with Gasteiger partial charge in [-0.05, 0) is 0 Å². The van der Waals surface area contributed by atoms with Gasteiger partial charge in [-0.1, -0.05) is 0 Å². The minimum atomic E-state index is -4.61. The molecule has 0 aliphatic carbocycles. The summed E-state index contributed by atoms with van der Waals surface area (Å²) >= 11 is 0. The molecule has 0 aliphatic heterocycles. The molecule has 0 bridgehead atoms. The maximum absolute atomic E-state index is 7.62. The third-order valence-corrected chi connectivity index (χ3v) is 0.1000. The molecule has 0 aliphatic rings. The number of hydrogen-bond donors (Lipinski definition) is 6. The van der Waals surface area contributed by atoms with Crippen molar-refractivity contribution in [3.8, 4) is 0 Å². The molecule has 0 saturated heterocycles. The summed E-state index contributed by atoms with van der Waals surface area (Å²) in [4.78, 5) is 29.3. The van der Waals surface area contributed by atoms with E-state index in [9.17, 15) is 0 Å². The van der Waals surface area contributed by atoms with E-state index in [1.807, 2.05) is 0 Å². The van der Waals surface area contributed by atoms with Gasteiger partial charge < -0.3 is 32.2 Å². The van der Waals surface area contributed by atoms with Crippen LogP contribution in [0.2, 0.25) is 0 Å². The summed E-state index contributed by atoms with van der Waals surface area (Å²) in [6.07, 6.45) is 0. The van der Waals surface area contributed by atoms with E-state index < -0.39 is 9.05 Å². The third kappa shape index (κ3) is 125. The molecule has 0 radical (unpaired) electrons. The number of aliphatic hydroxyl groups excluding tert-OH is 2. The first-order chi connectivity index (χ1) is 3.91. The summed E-state index contributed by atoms with van der Waals surface area (Å²) in [5.74, 6) is 0. The Hall–Kier alpha value is 1.24. The van der Waals surface area contributed by atoms with E-state index in [-0.39, 0.29) is 53.8 Å². The van der Waals surface area contributed by atoms with Crippen LogP contribution in [0.15, 0.2) is 0 Å². The van der Waals surface area contributed by atoms with E-state index in [1.165, 1.54) is 0 Å². The Morgan fingerprint density at radius 3 is 1.00 bits per heavy atom. The number of aliphatic hydroxyl groups is 2. The normalized spacial score (nSPS) is 9.00. The molecule has 8 heteroatoms. The second kappa shape index (κ2) is 10.2. The smallest absolute Gasteiger partial charge is 1.00 e. The van der Waals surface area contributed by atoms with Crippen molar-refractivity contribution in [3.63, 3.8) is 0 Å². The molecule has 0 atom stereocenters. The average molecular weight is 200 g/mol. The van der Waals surface area contributed by atoms with Crippen LogP contribution in [0.3, 0.4) is 0 Å². The van der Waals surface area contributed by atoms with E-state index in [2.05, 4.69) is 0 Å². The minimum Gasteiger partial charge on any atom is -1.00 e. The molecule has 6 N–H and O–H groups in total. The van der Waals surface area contributed by atoms with Gasteiger partial charge in [-0.3, -0.25) is 0 Å². The molecule has 0 aromatic rings. The van der Waals surface area contributed by atoms with E-state index in [0.29, 0.717) is 0 Å². The zero-order valence-corrected chi connectivity index (χ0v) is 8.51. The molecule has 0 amide bonds. The molecule has 0 heterocycles. The van der Waals surface area contributed by atoms with Crippen LogP contribution in [0.4, 0.5) is 0 Å². The molecule has 0 aromatic heterocycles. The first-order valence-electron chi connectivity index (χ1n) is 2.03. The monoisotopic (exact) mass is 200 g/mol. The van der Waals surface area contributed by atoms with Gasteiger partial charge in [-0.2, -0.15) is 0 Å². The number of hydrogen-bond acceptors (Lipinski definition) is 6. The van der Waals surface area contributed by atoms with Crippen LogP contribution in [0.25, 0.3) is 0 Å². The zero-order valence-electron chi connectivity index (χ0n) is 7.30. The van der Waals surface area contributed by atoms with Crippen LogP contribution >= 0.6 is 0 Å². The first-order valence-corrected chi connectivity index (χ1v) is 3.82. The third-order valence-electron chi connectivity index (χ3n) is 0.1000. The van der Waals surface area contributed by atoms with Gasteiger partial charge in [0, 0.05) is 0 Å². The molecular weight excluding hydrogens is 188 g/mol. The van der Waals surface area contributed by atoms with Crippen molar-refractivity contribution in [2.24, 2.45) is 0 Å². The van der Waals surface area contributed by atoms with Gasteiger partial charge in [0.25, 0.3) is 0 Å². The largest absolute Gasteiger partial charge is 2.00 e. The van der Waals surface area contributed by atoms with Gasteiger partial charge in [0.1, 0.15) is 0 Å². The van der Waals surface area contributed by atoms with Crippen molar-refractivity contribution in [2.75, 3.05) is 13.2 Å². The quantitative estimate of drug-likeness (QED) is 0.241. The molecule has 10 heavy (non-hydrogen) atoms. The van der Waals surface area contributed by atoms with Gasteiger partial charge >= 0.3 is 46.8 Å². The van der Waals surface area contributed by atoms with Crippen LogP contribution in [0.1, 0.15) is 2.85 Å². The van der Waals surface area contributed by atoms with Crippen molar-refractivity contribution in [3.05, 3.63) is 0 Å². The second-order valence-corrected chi connectivity index (χ2v) is 2.25. The molecule has 0 spiro atoms.